The molecule has 136 valence electrons. The number of aromatic nitrogens is 1. The van der Waals surface area contributed by atoms with E-state index in [4.69, 9.17) is 13.9 Å². The van der Waals surface area contributed by atoms with Crippen LogP contribution in [0.3, 0.4) is 0 Å². The van der Waals surface area contributed by atoms with Gasteiger partial charge in [-0.2, -0.15) is 0 Å². The Bertz CT molecular complexity index is 727. The van der Waals surface area contributed by atoms with Crippen LogP contribution < -0.4 is 5.32 Å². The predicted octanol–water partition coefficient (Wildman–Crippen LogP) is 2.94. The molecule has 1 aromatic heterocycles. The molecule has 0 saturated carbocycles. The second kappa shape index (κ2) is 7.54. The van der Waals surface area contributed by atoms with Crippen LogP contribution in [-0.2, 0) is 26.2 Å². The van der Waals surface area contributed by atoms with Crippen molar-refractivity contribution < 1.29 is 18.7 Å². The number of hydrogen-bond donors (Lipinski definition) is 1. The number of carbonyl (C=O) groups excluding carboxylic acids is 1. The fourth-order valence-electron chi connectivity index (χ4n) is 2.80. The molecule has 1 fully saturated rings. The standard InChI is InChI=1S/C19H26N2O4/c1-19(2,3)13-6-7-16-15(9-13)21-18(25-16)10-20-17(22)12-23-11-14-5-4-8-24-14/h6-7,9,14H,4-5,8,10-12H2,1-3H3,(H,20,22)/t14-/m0/s1. The van der Waals surface area contributed by atoms with Crippen molar-refractivity contribution in [2.24, 2.45) is 0 Å². The molecule has 25 heavy (non-hydrogen) atoms. The molecule has 0 radical (unpaired) electrons. The van der Waals surface area contributed by atoms with Gasteiger partial charge in [-0.25, -0.2) is 4.98 Å². The van der Waals surface area contributed by atoms with E-state index in [9.17, 15) is 4.79 Å². The number of ether oxygens (including phenoxy) is 2. The summed E-state index contributed by atoms with van der Waals surface area (Å²) in [5.74, 6) is 0.309. The average molecular weight is 346 g/mol. The normalized spacial score (nSPS) is 18.0. The molecule has 0 unspecified atom stereocenters. The SMILES string of the molecule is CC(C)(C)c1ccc2oc(CNC(=O)COC[C@@H]3CCCO3)nc2c1. The minimum absolute atomic E-state index is 0.0221. The van der Waals surface area contributed by atoms with Crippen molar-refractivity contribution in [3.63, 3.8) is 0 Å². The Kier molecular flexibility index (Phi) is 5.39. The maximum atomic E-state index is 11.8. The fraction of sp³-hybridized carbons (Fsp3) is 0.579. The fourth-order valence-corrected chi connectivity index (χ4v) is 2.80. The Labute approximate surface area is 147 Å². The van der Waals surface area contributed by atoms with Gasteiger partial charge in [0.25, 0.3) is 0 Å². The summed E-state index contributed by atoms with van der Waals surface area (Å²) in [7, 11) is 0. The molecule has 1 aliphatic heterocycles. The highest BCUT2D eigenvalue weighted by Crippen LogP contribution is 2.26. The molecular weight excluding hydrogens is 320 g/mol. The minimum atomic E-state index is -0.185. The van der Waals surface area contributed by atoms with Gasteiger partial charge in [0.05, 0.1) is 19.3 Å². The number of rotatable bonds is 6. The van der Waals surface area contributed by atoms with Crippen LogP contribution in [0.25, 0.3) is 11.1 Å². The maximum Gasteiger partial charge on any atom is 0.246 e. The second-order valence-corrected chi connectivity index (χ2v) is 7.47. The Morgan fingerprint density at radius 1 is 1.40 bits per heavy atom. The average Bonchev–Trinajstić information content (AvgIpc) is 3.20. The lowest BCUT2D eigenvalue weighted by Gasteiger charge is -2.18. The van der Waals surface area contributed by atoms with Crippen molar-refractivity contribution in [1.29, 1.82) is 0 Å². The summed E-state index contributed by atoms with van der Waals surface area (Å²) >= 11 is 0. The predicted molar refractivity (Wildman–Crippen MR) is 94.3 cm³/mol. The Morgan fingerprint density at radius 2 is 2.24 bits per heavy atom. The Balaban J connectivity index is 1.49. The zero-order chi connectivity index (χ0) is 17.9. The van der Waals surface area contributed by atoms with Gasteiger partial charge in [-0.3, -0.25) is 4.79 Å². The number of nitrogens with one attached hydrogen (secondary N) is 1. The van der Waals surface area contributed by atoms with E-state index in [1.807, 2.05) is 12.1 Å². The van der Waals surface area contributed by atoms with Crippen LogP contribution in [-0.4, -0.2) is 36.8 Å². The van der Waals surface area contributed by atoms with Gasteiger partial charge in [0.15, 0.2) is 5.58 Å². The van der Waals surface area contributed by atoms with Gasteiger partial charge in [0.2, 0.25) is 11.8 Å². The topological polar surface area (TPSA) is 73.6 Å². The summed E-state index contributed by atoms with van der Waals surface area (Å²) < 4.78 is 16.5. The highest BCUT2D eigenvalue weighted by atomic mass is 16.5. The summed E-state index contributed by atoms with van der Waals surface area (Å²) in [6.07, 6.45) is 2.19. The number of amides is 1. The summed E-state index contributed by atoms with van der Waals surface area (Å²) in [5.41, 5.74) is 2.80. The minimum Gasteiger partial charge on any atom is -0.439 e. The van der Waals surface area contributed by atoms with Crippen molar-refractivity contribution in [2.45, 2.75) is 51.7 Å². The zero-order valence-electron chi connectivity index (χ0n) is 15.1. The highest BCUT2D eigenvalue weighted by molar-refractivity contribution is 5.77. The summed E-state index contributed by atoms with van der Waals surface area (Å²) in [5, 5.41) is 2.77. The molecule has 6 heteroatoms. The van der Waals surface area contributed by atoms with Gasteiger partial charge >= 0.3 is 0 Å². The largest absolute Gasteiger partial charge is 0.439 e. The van der Waals surface area contributed by atoms with Crippen LogP contribution >= 0.6 is 0 Å². The Morgan fingerprint density at radius 3 is 2.96 bits per heavy atom. The summed E-state index contributed by atoms with van der Waals surface area (Å²) in [4.78, 5) is 16.3. The third kappa shape index (κ3) is 4.80. The molecule has 1 aliphatic rings. The van der Waals surface area contributed by atoms with Crippen molar-refractivity contribution in [2.75, 3.05) is 19.8 Å². The molecule has 1 N–H and O–H groups in total. The van der Waals surface area contributed by atoms with Crippen LogP contribution in [0.15, 0.2) is 22.6 Å². The number of benzene rings is 1. The van der Waals surface area contributed by atoms with Gasteiger partial charge in [-0.15, -0.1) is 0 Å². The molecule has 2 heterocycles. The number of hydrogen-bond acceptors (Lipinski definition) is 5. The van der Waals surface area contributed by atoms with Crippen molar-refractivity contribution >= 4 is 17.0 Å². The van der Waals surface area contributed by atoms with Crippen molar-refractivity contribution in [3.05, 3.63) is 29.7 Å². The van der Waals surface area contributed by atoms with E-state index in [1.54, 1.807) is 0 Å². The first-order valence-corrected chi connectivity index (χ1v) is 8.78. The van der Waals surface area contributed by atoms with Crippen LogP contribution in [0.1, 0.15) is 45.1 Å². The summed E-state index contributed by atoms with van der Waals surface area (Å²) in [6.45, 7) is 8.00. The van der Waals surface area contributed by atoms with Crippen LogP contribution in [0.2, 0.25) is 0 Å². The first-order chi connectivity index (χ1) is 11.9. The molecule has 0 spiro atoms. The van der Waals surface area contributed by atoms with Crippen LogP contribution in [0.5, 0.6) is 0 Å². The van der Waals surface area contributed by atoms with Gasteiger partial charge < -0.3 is 19.2 Å². The molecular formula is C19H26N2O4. The molecule has 2 aromatic rings. The molecule has 6 nitrogen and oxygen atoms in total. The number of oxazole rings is 1. The van der Waals surface area contributed by atoms with E-state index in [1.165, 1.54) is 5.56 Å². The maximum absolute atomic E-state index is 11.8. The quantitative estimate of drug-likeness (QED) is 0.870. The van der Waals surface area contributed by atoms with E-state index in [2.05, 4.69) is 37.1 Å². The molecule has 0 bridgehead atoms. The van der Waals surface area contributed by atoms with E-state index in [-0.39, 0.29) is 30.6 Å². The van der Waals surface area contributed by atoms with Gasteiger partial charge in [0.1, 0.15) is 12.1 Å². The van der Waals surface area contributed by atoms with Crippen LogP contribution in [0.4, 0.5) is 0 Å². The smallest absolute Gasteiger partial charge is 0.246 e. The monoisotopic (exact) mass is 346 g/mol. The Hall–Kier alpha value is -1.92. The number of nitrogens with zero attached hydrogens (tertiary/aromatic N) is 1. The second-order valence-electron chi connectivity index (χ2n) is 7.47. The lowest BCUT2D eigenvalue weighted by molar-refractivity contribution is -0.127. The lowest BCUT2D eigenvalue weighted by atomic mass is 9.87. The van der Waals surface area contributed by atoms with Crippen molar-refractivity contribution in [3.8, 4) is 0 Å². The third-order valence-corrected chi connectivity index (χ3v) is 4.30. The van der Waals surface area contributed by atoms with Crippen molar-refractivity contribution in [1.82, 2.24) is 10.3 Å². The molecule has 1 saturated heterocycles. The van der Waals surface area contributed by atoms with E-state index < -0.39 is 0 Å². The number of fused-ring (bicyclic) bond motifs is 1. The molecule has 1 amide bonds. The highest BCUT2D eigenvalue weighted by Gasteiger charge is 2.17. The van der Waals surface area contributed by atoms with E-state index in [0.717, 1.165) is 30.5 Å². The zero-order valence-corrected chi connectivity index (χ0v) is 15.1. The first-order valence-electron chi connectivity index (χ1n) is 8.78. The first kappa shape index (κ1) is 17.9. The molecule has 3 rings (SSSR count). The number of carbonyl (C=O) groups is 1. The van der Waals surface area contributed by atoms with E-state index >= 15 is 0 Å². The molecule has 1 aromatic carbocycles. The van der Waals surface area contributed by atoms with Crippen LogP contribution in [0, 0.1) is 0 Å². The lowest BCUT2D eigenvalue weighted by Crippen LogP contribution is -2.28. The molecule has 0 aliphatic carbocycles. The van der Waals surface area contributed by atoms with E-state index in [0.29, 0.717) is 12.5 Å². The van der Waals surface area contributed by atoms with Gasteiger partial charge in [-0.05, 0) is 36.0 Å². The molecule has 1 atom stereocenters. The van der Waals surface area contributed by atoms with Gasteiger partial charge in [-0.1, -0.05) is 26.8 Å². The summed E-state index contributed by atoms with van der Waals surface area (Å²) in [6, 6.07) is 6.02. The third-order valence-electron chi connectivity index (χ3n) is 4.30. The van der Waals surface area contributed by atoms with Gasteiger partial charge in [0, 0.05) is 6.61 Å².